The molecule has 0 aromatic heterocycles. The van der Waals surface area contributed by atoms with Crippen molar-refractivity contribution < 1.29 is 10.2 Å². The Kier molecular flexibility index (Phi) is 3.83. The maximum atomic E-state index is 8.97. The molecule has 0 rings (SSSR count). The highest BCUT2D eigenvalue weighted by Crippen LogP contribution is 2.03. The van der Waals surface area contributed by atoms with Crippen LogP contribution in [0.5, 0.6) is 0 Å². The van der Waals surface area contributed by atoms with E-state index in [1.165, 1.54) is 0 Å². The fraction of sp³-hybridized carbons (Fsp3) is 1.00. The maximum absolute atomic E-state index is 8.97. The molecule has 0 aromatic rings. The SMILES string of the molecule is CCC(O)[C@@H](C)CO. The van der Waals surface area contributed by atoms with Crippen LogP contribution in [0.2, 0.25) is 0 Å². The molecule has 2 N–H and O–H groups in total. The fourth-order valence-electron chi connectivity index (χ4n) is 0.524. The smallest absolute Gasteiger partial charge is 0.0585 e. The molecule has 0 radical (unpaired) electrons. The van der Waals surface area contributed by atoms with Crippen LogP contribution < -0.4 is 0 Å². The lowest BCUT2D eigenvalue weighted by Crippen LogP contribution is -2.19. The highest BCUT2D eigenvalue weighted by Gasteiger charge is 2.08. The van der Waals surface area contributed by atoms with Gasteiger partial charge in [0, 0.05) is 12.5 Å². The summed E-state index contributed by atoms with van der Waals surface area (Å²) < 4.78 is 0. The van der Waals surface area contributed by atoms with Gasteiger partial charge in [0.25, 0.3) is 0 Å². The summed E-state index contributed by atoms with van der Waals surface area (Å²) >= 11 is 0. The summed E-state index contributed by atoms with van der Waals surface area (Å²) in [6, 6.07) is 0. The van der Waals surface area contributed by atoms with Gasteiger partial charge in [-0.25, -0.2) is 0 Å². The van der Waals surface area contributed by atoms with Crippen LogP contribution in [-0.2, 0) is 0 Å². The molecule has 0 aromatic carbocycles. The van der Waals surface area contributed by atoms with Gasteiger partial charge in [-0.05, 0) is 6.42 Å². The highest BCUT2D eigenvalue weighted by molar-refractivity contribution is 4.59. The van der Waals surface area contributed by atoms with E-state index in [9.17, 15) is 0 Å². The number of rotatable bonds is 3. The van der Waals surface area contributed by atoms with Crippen molar-refractivity contribution in [2.24, 2.45) is 5.92 Å². The lowest BCUT2D eigenvalue weighted by Gasteiger charge is -2.12. The third kappa shape index (κ3) is 2.28. The summed E-state index contributed by atoms with van der Waals surface area (Å²) in [6.07, 6.45) is 0.391. The van der Waals surface area contributed by atoms with E-state index in [2.05, 4.69) is 0 Å². The Bertz CT molecular complexity index is 46.5. The molecule has 0 saturated carbocycles. The van der Waals surface area contributed by atoms with Gasteiger partial charge in [0.15, 0.2) is 0 Å². The molecule has 0 heterocycles. The first kappa shape index (κ1) is 7.92. The standard InChI is InChI=1S/C6H14O2/c1-3-6(8)5(2)4-7/h5-8H,3-4H2,1-2H3/t5-,6?/m0/s1. The van der Waals surface area contributed by atoms with Crippen LogP contribution in [-0.4, -0.2) is 22.9 Å². The van der Waals surface area contributed by atoms with Gasteiger partial charge < -0.3 is 10.2 Å². The first-order chi connectivity index (χ1) is 3.72. The van der Waals surface area contributed by atoms with Crippen molar-refractivity contribution in [3.05, 3.63) is 0 Å². The average molecular weight is 118 g/mol. The van der Waals surface area contributed by atoms with Gasteiger partial charge in [-0.2, -0.15) is 0 Å². The molecular formula is C6H14O2. The van der Waals surface area contributed by atoms with Crippen LogP contribution >= 0.6 is 0 Å². The molecule has 0 spiro atoms. The first-order valence-corrected chi connectivity index (χ1v) is 3.01. The van der Waals surface area contributed by atoms with Crippen LogP contribution in [0.3, 0.4) is 0 Å². The normalized spacial score (nSPS) is 18.0. The van der Waals surface area contributed by atoms with Gasteiger partial charge >= 0.3 is 0 Å². The van der Waals surface area contributed by atoms with Gasteiger partial charge in [0.05, 0.1) is 6.10 Å². The molecule has 2 nitrogen and oxygen atoms in total. The summed E-state index contributed by atoms with van der Waals surface area (Å²) in [5.41, 5.74) is 0. The van der Waals surface area contributed by atoms with E-state index >= 15 is 0 Å². The van der Waals surface area contributed by atoms with Crippen molar-refractivity contribution in [3.8, 4) is 0 Å². The van der Waals surface area contributed by atoms with E-state index in [0.29, 0.717) is 0 Å². The second-order valence-electron chi connectivity index (χ2n) is 2.14. The van der Waals surface area contributed by atoms with Crippen LogP contribution in [0.1, 0.15) is 20.3 Å². The molecule has 8 heavy (non-hydrogen) atoms. The molecule has 0 aliphatic rings. The number of hydrogen-bond donors (Lipinski definition) is 2. The van der Waals surface area contributed by atoms with Gasteiger partial charge in [-0.15, -0.1) is 0 Å². The number of hydrogen-bond acceptors (Lipinski definition) is 2. The van der Waals surface area contributed by atoms with Crippen molar-refractivity contribution in [2.75, 3.05) is 6.61 Å². The van der Waals surface area contributed by atoms with Crippen LogP contribution in [0.15, 0.2) is 0 Å². The van der Waals surface area contributed by atoms with Crippen molar-refractivity contribution in [2.45, 2.75) is 26.4 Å². The summed E-state index contributed by atoms with van der Waals surface area (Å²) in [6.45, 7) is 3.81. The molecule has 1 unspecified atom stereocenters. The summed E-state index contributed by atoms with van der Waals surface area (Å²) in [5.74, 6) is 0.0278. The molecule has 0 aliphatic heterocycles. The predicted octanol–water partition coefficient (Wildman–Crippen LogP) is 0.386. The maximum Gasteiger partial charge on any atom is 0.0585 e. The molecule has 50 valence electrons. The minimum atomic E-state index is -0.333. The Morgan fingerprint density at radius 1 is 1.50 bits per heavy atom. The van der Waals surface area contributed by atoms with Gasteiger partial charge in [-0.3, -0.25) is 0 Å². The van der Waals surface area contributed by atoms with Crippen LogP contribution in [0, 0.1) is 5.92 Å². The molecule has 0 bridgehead atoms. The Morgan fingerprint density at radius 3 is 2.12 bits per heavy atom. The Hall–Kier alpha value is -0.0800. The monoisotopic (exact) mass is 118 g/mol. The van der Waals surface area contributed by atoms with E-state index in [4.69, 9.17) is 10.2 Å². The van der Waals surface area contributed by atoms with E-state index in [1.807, 2.05) is 13.8 Å². The minimum Gasteiger partial charge on any atom is -0.396 e. The summed E-state index contributed by atoms with van der Waals surface area (Å²) in [4.78, 5) is 0. The zero-order valence-electron chi connectivity index (χ0n) is 5.46. The number of aliphatic hydroxyl groups is 2. The number of aliphatic hydroxyl groups excluding tert-OH is 2. The fourth-order valence-corrected chi connectivity index (χ4v) is 0.524. The van der Waals surface area contributed by atoms with Crippen LogP contribution in [0.4, 0.5) is 0 Å². The van der Waals surface area contributed by atoms with Crippen LogP contribution in [0.25, 0.3) is 0 Å². The highest BCUT2D eigenvalue weighted by atomic mass is 16.3. The zero-order chi connectivity index (χ0) is 6.57. The van der Waals surface area contributed by atoms with Crippen molar-refractivity contribution in [1.29, 1.82) is 0 Å². The van der Waals surface area contributed by atoms with Crippen molar-refractivity contribution in [3.63, 3.8) is 0 Å². The summed E-state index contributed by atoms with van der Waals surface area (Å²) in [7, 11) is 0. The molecule has 0 aliphatic carbocycles. The largest absolute Gasteiger partial charge is 0.396 e. The summed E-state index contributed by atoms with van der Waals surface area (Å²) in [5, 5.41) is 17.4. The van der Waals surface area contributed by atoms with E-state index < -0.39 is 0 Å². The minimum absolute atomic E-state index is 0.0278. The third-order valence-corrected chi connectivity index (χ3v) is 1.36. The molecule has 2 heteroatoms. The Morgan fingerprint density at radius 2 is 2.00 bits per heavy atom. The van der Waals surface area contributed by atoms with Crippen molar-refractivity contribution >= 4 is 0 Å². The van der Waals surface area contributed by atoms with Crippen molar-refractivity contribution in [1.82, 2.24) is 0 Å². The molecular weight excluding hydrogens is 104 g/mol. The molecule has 0 fully saturated rings. The lowest BCUT2D eigenvalue weighted by atomic mass is 10.0. The molecule has 0 saturated heterocycles. The quantitative estimate of drug-likeness (QED) is 0.562. The second kappa shape index (κ2) is 3.87. The Labute approximate surface area is 50.2 Å². The average Bonchev–Trinajstić information content (AvgIpc) is 1.84. The second-order valence-corrected chi connectivity index (χ2v) is 2.14. The molecule has 0 amide bonds. The lowest BCUT2D eigenvalue weighted by molar-refractivity contribution is 0.0744. The Balaban J connectivity index is 3.29. The van der Waals surface area contributed by atoms with Gasteiger partial charge in [0.1, 0.15) is 0 Å². The van der Waals surface area contributed by atoms with E-state index in [-0.39, 0.29) is 18.6 Å². The zero-order valence-corrected chi connectivity index (χ0v) is 5.46. The first-order valence-electron chi connectivity index (χ1n) is 3.01. The molecule has 2 atom stereocenters. The topological polar surface area (TPSA) is 40.5 Å². The van der Waals surface area contributed by atoms with Gasteiger partial charge in [-0.1, -0.05) is 13.8 Å². The predicted molar refractivity (Wildman–Crippen MR) is 32.5 cm³/mol. The van der Waals surface area contributed by atoms with E-state index in [1.54, 1.807) is 0 Å². The third-order valence-electron chi connectivity index (χ3n) is 1.36. The van der Waals surface area contributed by atoms with Gasteiger partial charge in [0.2, 0.25) is 0 Å². The van der Waals surface area contributed by atoms with E-state index in [0.717, 1.165) is 6.42 Å².